The molecule has 1 aliphatic heterocycles. The minimum atomic E-state index is -5.60. The molecule has 8 atom stereocenters. The molecular formula is C27H44N7O20P3S. The molecule has 0 radical (unpaired) electrons. The summed E-state index contributed by atoms with van der Waals surface area (Å²) >= 11 is 0.740. The van der Waals surface area contributed by atoms with Crippen LogP contribution in [-0.4, -0.2) is 145 Å². The van der Waals surface area contributed by atoms with Gasteiger partial charge in [-0.1, -0.05) is 25.6 Å². The van der Waals surface area contributed by atoms with E-state index in [1.807, 2.05) is 0 Å². The number of ether oxygens (including phenoxy) is 1. The van der Waals surface area contributed by atoms with Gasteiger partial charge in [-0.05, 0) is 12.8 Å². The Morgan fingerprint density at radius 2 is 1.69 bits per heavy atom. The van der Waals surface area contributed by atoms with Gasteiger partial charge < -0.3 is 61.1 Å². The van der Waals surface area contributed by atoms with Gasteiger partial charge in [0.1, 0.15) is 42.4 Å². The first-order valence-electron chi connectivity index (χ1n) is 16.8. The van der Waals surface area contributed by atoms with Crippen molar-refractivity contribution in [3.63, 3.8) is 0 Å². The summed E-state index contributed by atoms with van der Waals surface area (Å²) in [5.41, 5.74) is 4.18. The predicted molar refractivity (Wildman–Crippen MR) is 195 cm³/mol. The molecule has 0 aromatic carbocycles. The van der Waals surface area contributed by atoms with Crippen molar-refractivity contribution in [3.8, 4) is 0 Å². The van der Waals surface area contributed by atoms with E-state index in [9.17, 15) is 67.8 Å². The second-order valence-corrected chi connectivity index (χ2v) is 18.4. The monoisotopic (exact) mass is 911 g/mol. The maximum absolute atomic E-state index is 12.7. The lowest BCUT2D eigenvalue weighted by Crippen LogP contribution is -2.46. The summed E-state index contributed by atoms with van der Waals surface area (Å²) in [6.45, 7) is 0.0945. The van der Waals surface area contributed by atoms with E-state index in [4.69, 9.17) is 24.6 Å². The Bertz CT molecular complexity index is 1920. The second-order valence-electron chi connectivity index (χ2n) is 13.0. The molecular weight excluding hydrogens is 867 g/mol. The van der Waals surface area contributed by atoms with Crippen molar-refractivity contribution in [1.82, 2.24) is 30.2 Å². The normalized spacial score (nSPS) is 21.8. The van der Waals surface area contributed by atoms with Gasteiger partial charge >= 0.3 is 29.4 Å². The third kappa shape index (κ3) is 15.2. The molecule has 58 heavy (non-hydrogen) atoms. The summed E-state index contributed by atoms with van der Waals surface area (Å²) in [7, 11) is -16.5. The quantitative estimate of drug-likeness (QED) is 0.0412. The van der Waals surface area contributed by atoms with Gasteiger partial charge in [0.2, 0.25) is 16.9 Å². The molecule has 1 aliphatic rings. The lowest BCUT2D eigenvalue weighted by molar-refractivity contribution is -0.138. The van der Waals surface area contributed by atoms with E-state index in [1.165, 1.54) is 13.8 Å². The lowest BCUT2D eigenvalue weighted by atomic mass is 9.87. The van der Waals surface area contributed by atoms with E-state index in [0.29, 0.717) is 0 Å². The van der Waals surface area contributed by atoms with Crippen LogP contribution in [0.4, 0.5) is 5.82 Å². The number of thioether (sulfide) groups is 1. The number of aliphatic hydroxyl groups excluding tert-OH is 3. The molecule has 27 nitrogen and oxygen atoms in total. The average molecular weight is 912 g/mol. The van der Waals surface area contributed by atoms with Crippen LogP contribution in [0, 0.1) is 5.41 Å². The number of nitrogens with zero attached hydrogens (tertiary/aromatic N) is 4. The van der Waals surface area contributed by atoms with Gasteiger partial charge in [-0.25, -0.2) is 28.6 Å². The number of phosphoric ester groups is 3. The van der Waals surface area contributed by atoms with Crippen LogP contribution in [-0.2, 0) is 55.5 Å². The number of carboxylic acid groups (broad SMARTS) is 1. The van der Waals surface area contributed by atoms with Crippen LogP contribution >= 0.6 is 35.2 Å². The number of nitrogens with one attached hydrogen (secondary N) is 2. The Morgan fingerprint density at radius 3 is 2.34 bits per heavy atom. The molecule has 1 saturated heterocycles. The SMILES string of the molecule is CC(C)(COP(=O)(O)OP(=O)(O)OC[C@H]1O[C@H](n2cnc3c(N)ncnc32)[C@H](O)[C@@H]1OP(=O)(O)O)[C@@H](O)C(=O)NCCC(=O)NCCSC(=O)[C@H](O)CCCC(=O)O. The maximum Gasteiger partial charge on any atom is 0.481 e. The van der Waals surface area contributed by atoms with Crippen molar-refractivity contribution in [3.05, 3.63) is 12.7 Å². The summed E-state index contributed by atoms with van der Waals surface area (Å²) in [5, 5.41) is 44.0. The Hall–Kier alpha value is -3.01. The van der Waals surface area contributed by atoms with Gasteiger partial charge in [-0.3, -0.25) is 37.3 Å². The number of carboxylic acids is 1. The number of aliphatic hydroxyl groups is 3. The molecule has 3 rings (SSSR count). The average Bonchev–Trinajstić information content (AvgIpc) is 3.67. The Kier molecular flexibility index (Phi) is 17.9. The van der Waals surface area contributed by atoms with Gasteiger partial charge in [0.15, 0.2) is 17.7 Å². The van der Waals surface area contributed by atoms with Crippen LogP contribution in [0.1, 0.15) is 45.8 Å². The van der Waals surface area contributed by atoms with Gasteiger partial charge in [0.25, 0.3) is 0 Å². The molecule has 328 valence electrons. The number of anilines is 1. The summed E-state index contributed by atoms with van der Waals surface area (Å²) in [5.74, 6) is -2.59. The minimum absolute atomic E-state index is 0.0156. The molecule has 0 aliphatic carbocycles. The number of fused-ring (bicyclic) bond motifs is 1. The number of aromatic nitrogens is 4. The van der Waals surface area contributed by atoms with Crippen LogP contribution < -0.4 is 16.4 Å². The highest BCUT2D eigenvalue weighted by Gasteiger charge is 2.50. The molecule has 12 N–H and O–H groups in total. The van der Waals surface area contributed by atoms with Crippen LogP contribution in [0.3, 0.4) is 0 Å². The highest BCUT2D eigenvalue weighted by molar-refractivity contribution is 8.13. The summed E-state index contributed by atoms with van der Waals surface area (Å²) < 4.78 is 62.0. The lowest BCUT2D eigenvalue weighted by Gasteiger charge is -2.30. The molecule has 1 fully saturated rings. The van der Waals surface area contributed by atoms with Crippen LogP contribution in [0.25, 0.3) is 11.2 Å². The highest BCUT2D eigenvalue weighted by Crippen LogP contribution is 2.61. The smallest absolute Gasteiger partial charge is 0.481 e. The van der Waals surface area contributed by atoms with Crippen LogP contribution in [0.2, 0.25) is 0 Å². The predicted octanol–water partition coefficient (Wildman–Crippen LogP) is -1.72. The van der Waals surface area contributed by atoms with E-state index in [0.717, 1.165) is 29.0 Å². The van der Waals surface area contributed by atoms with E-state index in [2.05, 4.69) is 34.4 Å². The van der Waals surface area contributed by atoms with Crippen molar-refractivity contribution in [2.45, 2.75) is 76.3 Å². The zero-order valence-corrected chi connectivity index (χ0v) is 34.1. The highest BCUT2D eigenvalue weighted by atomic mass is 32.2. The molecule has 3 heterocycles. The number of nitrogens with two attached hydrogens (primary N) is 1. The molecule has 0 saturated carbocycles. The minimum Gasteiger partial charge on any atom is -0.481 e. The first-order chi connectivity index (χ1) is 26.8. The topological polar surface area (TPSA) is 421 Å². The molecule has 0 bridgehead atoms. The van der Waals surface area contributed by atoms with Crippen molar-refractivity contribution in [2.75, 3.05) is 37.8 Å². The third-order valence-corrected chi connectivity index (χ3v) is 12.0. The zero-order valence-electron chi connectivity index (χ0n) is 30.6. The Morgan fingerprint density at radius 1 is 1.02 bits per heavy atom. The maximum atomic E-state index is 12.7. The fourth-order valence-electron chi connectivity index (χ4n) is 4.94. The number of aliphatic carboxylic acids is 1. The van der Waals surface area contributed by atoms with Crippen molar-refractivity contribution in [2.24, 2.45) is 5.41 Å². The number of carbonyl (C=O) groups is 4. The number of amides is 2. The second kappa shape index (κ2) is 21.0. The van der Waals surface area contributed by atoms with E-state index in [1.54, 1.807) is 0 Å². The number of rotatable bonds is 24. The van der Waals surface area contributed by atoms with Crippen molar-refractivity contribution >= 4 is 75.1 Å². The van der Waals surface area contributed by atoms with Crippen LogP contribution in [0.15, 0.2) is 12.7 Å². The third-order valence-electron chi connectivity index (χ3n) is 7.89. The van der Waals surface area contributed by atoms with Gasteiger partial charge in [-0.2, -0.15) is 4.31 Å². The standard InChI is InChI=1S/C27H44N7O20P3S/c1-27(2,21(40)24(41)30-7-6-16(36)29-8-9-58-26(42)14(35)4-3-5-17(37)38)11-51-57(48,49)54-56(46,47)50-10-15-20(53-55(43,44)45)19(39)25(52-15)34-13-33-18-22(28)31-12-32-23(18)34/h12-15,19-21,25,35,39-40H,3-11H2,1-2H3,(H,29,36)(H,30,41)(H,37,38)(H,46,47)(H,48,49)(H2,28,31,32)(H2,43,44,45)/t14-,15-,19-,20-,21+,25+/m1/s1. The Labute approximate surface area is 332 Å². The largest absolute Gasteiger partial charge is 0.481 e. The fourth-order valence-corrected chi connectivity index (χ4v) is 8.49. The number of hydrogen-bond donors (Lipinski definition) is 11. The number of nitrogen functional groups attached to an aromatic ring is 1. The number of hydrogen-bond acceptors (Lipinski definition) is 20. The van der Waals surface area contributed by atoms with E-state index in [-0.39, 0.29) is 61.5 Å². The van der Waals surface area contributed by atoms with Crippen molar-refractivity contribution < 1.29 is 95.5 Å². The number of phosphoric acid groups is 3. The molecule has 31 heteroatoms. The number of carbonyl (C=O) groups excluding carboxylic acids is 3. The molecule has 2 amide bonds. The van der Waals surface area contributed by atoms with E-state index < -0.39 is 102 Å². The van der Waals surface area contributed by atoms with Gasteiger partial charge in [0.05, 0.1) is 19.5 Å². The molecule has 0 spiro atoms. The summed E-state index contributed by atoms with van der Waals surface area (Å²) in [6.07, 6.45) is -8.62. The molecule has 2 unspecified atom stereocenters. The first-order valence-corrected chi connectivity index (χ1v) is 22.3. The molecule has 2 aromatic rings. The van der Waals surface area contributed by atoms with Gasteiger partial charge in [-0.15, -0.1) is 0 Å². The van der Waals surface area contributed by atoms with E-state index >= 15 is 0 Å². The van der Waals surface area contributed by atoms with Crippen molar-refractivity contribution in [1.29, 1.82) is 0 Å². The summed E-state index contributed by atoms with van der Waals surface area (Å²) in [4.78, 5) is 97.9. The fraction of sp³-hybridized carbons (Fsp3) is 0.667. The zero-order chi connectivity index (χ0) is 43.6. The molecule has 2 aromatic heterocycles. The Balaban J connectivity index is 1.46. The number of imidazole rings is 1. The van der Waals surface area contributed by atoms with Gasteiger partial charge in [0, 0.05) is 37.1 Å². The first kappa shape index (κ1) is 49.4. The van der Waals surface area contributed by atoms with Crippen LogP contribution in [0.5, 0.6) is 0 Å². The summed E-state index contributed by atoms with van der Waals surface area (Å²) in [6, 6.07) is 0.